The van der Waals surface area contributed by atoms with Gasteiger partial charge in [-0.2, -0.15) is 0 Å². The summed E-state index contributed by atoms with van der Waals surface area (Å²) >= 11 is 0.577. The van der Waals surface area contributed by atoms with Crippen LogP contribution in [-0.2, 0) is 30.6 Å². The Hall–Kier alpha value is -4.04. The van der Waals surface area contributed by atoms with E-state index in [-0.39, 0.29) is 32.2 Å². The quantitative estimate of drug-likeness (QED) is 0.330. The number of rotatable bonds is 10. The van der Waals surface area contributed by atoms with Crippen LogP contribution in [0.5, 0.6) is 17.2 Å². The number of carbonyl (C=O) groups excluding carboxylic acids is 2. The molecule has 0 spiro atoms. The summed E-state index contributed by atoms with van der Waals surface area (Å²) in [6.07, 6.45) is -0.472. The van der Waals surface area contributed by atoms with Crippen molar-refractivity contribution in [3.63, 3.8) is 0 Å². The highest BCUT2D eigenvalue weighted by Gasteiger charge is 2.23. The molecule has 0 atom stereocenters. The second-order valence-electron chi connectivity index (χ2n) is 7.26. The third-order valence-electron chi connectivity index (χ3n) is 4.39. The summed E-state index contributed by atoms with van der Waals surface area (Å²) in [5.41, 5.74) is -0.142. The first-order valence-corrected chi connectivity index (χ1v) is 12.8. The molecule has 0 saturated heterocycles. The Balaban J connectivity index is 1.72. The van der Waals surface area contributed by atoms with Gasteiger partial charge in [0.1, 0.15) is 16.4 Å². The molecule has 2 amide bonds. The van der Waals surface area contributed by atoms with Crippen molar-refractivity contribution < 1.29 is 41.8 Å². The highest BCUT2D eigenvalue weighted by molar-refractivity contribution is 7.92. The molecule has 3 rings (SSSR count). The summed E-state index contributed by atoms with van der Waals surface area (Å²) < 4.78 is 48.2. The van der Waals surface area contributed by atoms with Gasteiger partial charge in [0.15, 0.2) is 32.2 Å². The van der Waals surface area contributed by atoms with Gasteiger partial charge in [0.2, 0.25) is 11.8 Å². The molecule has 190 valence electrons. The zero-order chi connectivity index (χ0) is 26.5. The van der Waals surface area contributed by atoms with E-state index in [2.05, 4.69) is 15.6 Å². The molecular formula is C22H20FN3O8S2. The number of sulfone groups is 1. The molecule has 1 aromatic heterocycles. The topological polar surface area (TPSA) is 161 Å². The van der Waals surface area contributed by atoms with Gasteiger partial charge in [-0.25, -0.2) is 17.8 Å². The maximum absolute atomic E-state index is 13.8. The number of thiazole rings is 1. The number of nitrogens with zero attached hydrogens (tertiary/aromatic N) is 1. The van der Waals surface area contributed by atoms with Crippen molar-refractivity contribution in [2.24, 2.45) is 0 Å². The van der Waals surface area contributed by atoms with Crippen LogP contribution in [0.2, 0.25) is 0 Å². The van der Waals surface area contributed by atoms with Crippen LogP contribution in [0.4, 0.5) is 15.2 Å². The zero-order valence-electron chi connectivity index (χ0n) is 18.9. The Morgan fingerprint density at radius 3 is 2.36 bits per heavy atom. The first-order chi connectivity index (χ1) is 17.0. The van der Waals surface area contributed by atoms with Crippen molar-refractivity contribution in [1.82, 2.24) is 4.98 Å². The number of amides is 2. The van der Waals surface area contributed by atoms with Crippen LogP contribution in [0.25, 0.3) is 0 Å². The number of carboxylic acids is 1. The van der Waals surface area contributed by atoms with Crippen molar-refractivity contribution >= 4 is 49.8 Å². The maximum Gasteiger partial charge on any atom is 0.309 e. The van der Waals surface area contributed by atoms with Crippen LogP contribution in [0.3, 0.4) is 0 Å². The van der Waals surface area contributed by atoms with Gasteiger partial charge in [0.25, 0.3) is 0 Å². The molecule has 1 heterocycles. The van der Waals surface area contributed by atoms with Gasteiger partial charge in [-0.1, -0.05) is 23.5 Å². The number of aliphatic carboxylic acids is 1. The zero-order valence-corrected chi connectivity index (χ0v) is 20.5. The third-order valence-corrected chi connectivity index (χ3v) is 7.27. The van der Waals surface area contributed by atoms with Crippen molar-refractivity contribution in [1.29, 1.82) is 0 Å². The van der Waals surface area contributed by atoms with Gasteiger partial charge in [0.05, 0.1) is 24.9 Å². The average molecular weight is 538 g/mol. The number of benzene rings is 2. The number of aromatic nitrogens is 1. The summed E-state index contributed by atoms with van der Waals surface area (Å²) in [5, 5.41) is 13.5. The second kappa shape index (κ2) is 11.1. The summed E-state index contributed by atoms with van der Waals surface area (Å²) in [7, 11) is -2.36. The summed E-state index contributed by atoms with van der Waals surface area (Å²) in [5.74, 6) is -2.94. The number of carboxylic acid groups (broad SMARTS) is 1. The highest BCUT2D eigenvalue weighted by atomic mass is 32.2. The standard InChI is InChI=1S/C22H20FN3O8S2/c1-33-15-5-3-4-6-16(15)34-17-9-12(23)7-8-13(17)24-18(27)11-19(28)26-22-25-14(10-20(29)30)21(35-22)36(2,31)32/h3-9H,10-11H2,1-2H3,(H,24,27)(H,29,30)(H,25,26,28). The number of nitrogens with one attached hydrogen (secondary N) is 2. The Bertz CT molecular complexity index is 1420. The minimum atomic E-state index is -3.79. The van der Waals surface area contributed by atoms with Crippen molar-refractivity contribution in [2.45, 2.75) is 17.1 Å². The Kier molecular flexibility index (Phi) is 8.22. The predicted molar refractivity (Wildman–Crippen MR) is 128 cm³/mol. The molecule has 0 radical (unpaired) electrons. The van der Waals surface area contributed by atoms with E-state index in [4.69, 9.17) is 14.6 Å². The van der Waals surface area contributed by atoms with Crippen LogP contribution >= 0.6 is 11.3 Å². The molecule has 0 fully saturated rings. The SMILES string of the molecule is COc1ccccc1Oc1cc(F)ccc1NC(=O)CC(=O)Nc1nc(CC(=O)O)c(S(C)(=O)=O)s1. The molecule has 0 unspecified atom stereocenters. The van der Waals surface area contributed by atoms with Crippen molar-refractivity contribution in [3.05, 3.63) is 54.0 Å². The highest BCUT2D eigenvalue weighted by Crippen LogP contribution is 2.35. The molecule has 0 saturated carbocycles. The van der Waals surface area contributed by atoms with E-state index in [9.17, 15) is 27.2 Å². The number of methoxy groups -OCH3 is 1. The van der Waals surface area contributed by atoms with Crippen LogP contribution < -0.4 is 20.1 Å². The lowest BCUT2D eigenvalue weighted by molar-refractivity contribution is -0.136. The number of halogens is 1. The molecular weight excluding hydrogens is 517 g/mol. The molecule has 0 aliphatic heterocycles. The third kappa shape index (κ3) is 6.99. The summed E-state index contributed by atoms with van der Waals surface area (Å²) in [6.45, 7) is 0. The fourth-order valence-electron chi connectivity index (χ4n) is 2.95. The lowest BCUT2D eigenvalue weighted by Gasteiger charge is -2.14. The van der Waals surface area contributed by atoms with Gasteiger partial charge in [0, 0.05) is 12.3 Å². The normalized spacial score (nSPS) is 11.0. The summed E-state index contributed by atoms with van der Waals surface area (Å²) in [6, 6.07) is 10.0. The molecule has 36 heavy (non-hydrogen) atoms. The Labute approximate surface area is 208 Å². The molecule has 0 bridgehead atoms. The largest absolute Gasteiger partial charge is 0.493 e. The minimum Gasteiger partial charge on any atom is -0.493 e. The lowest BCUT2D eigenvalue weighted by atomic mass is 10.2. The van der Waals surface area contributed by atoms with Crippen LogP contribution in [0.1, 0.15) is 12.1 Å². The molecule has 0 aliphatic carbocycles. The van der Waals surface area contributed by atoms with Gasteiger partial charge in [-0.3, -0.25) is 14.4 Å². The van der Waals surface area contributed by atoms with Crippen LogP contribution in [0, 0.1) is 5.82 Å². The van der Waals surface area contributed by atoms with E-state index in [0.29, 0.717) is 17.1 Å². The molecule has 3 aromatic rings. The number of hydrogen-bond acceptors (Lipinski definition) is 9. The monoisotopic (exact) mass is 537 g/mol. The van der Waals surface area contributed by atoms with E-state index >= 15 is 0 Å². The summed E-state index contributed by atoms with van der Waals surface area (Å²) in [4.78, 5) is 39.6. The molecule has 0 aliphatic rings. The van der Waals surface area contributed by atoms with E-state index in [1.54, 1.807) is 24.3 Å². The van der Waals surface area contributed by atoms with Crippen molar-refractivity contribution in [2.75, 3.05) is 24.0 Å². The van der Waals surface area contributed by atoms with Gasteiger partial charge in [-0.05, 0) is 24.3 Å². The van der Waals surface area contributed by atoms with Crippen LogP contribution in [-0.4, -0.2) is 49.7 Å². The van der Waals surface area contributed by atoms with E-state index in [1.165, 1.54) is 13.2 Å². The minimum absolute atomic E-state index is 0.0377. The lowest BCUT2D eigenvalue weighted by Crippen LogP contribution is -2.21. The average Bonchev–Trinajstić information content (AvgIpc) is 3.17. The number of ether oxygens (including phenoxy) is 2. The Morgan fingerprint density at radius 1 is 1.06 bits per heavy atom. The fraction of sp³-hybridized carbons (Fsp3) is 0.182. The molecule has 3 N–H and O–H groups in total. The molecule has 11 nitrogen and oxygen atoms in total. The van der Waals surface area contributed by atoms with E-state index in [1.807, 2.05) is 0 Å². The fourth-order valence-corrected chi connectivity index (χ4v) is 5.07. The number of anilines is 2. The first-order valence-electron chi connectivity index (χ1n) is 10.1. The molecule has 2 aromatic carbocycles. The predicted octanol–water partition coefficient (Wildman–Crippen LogP) is 3.08. The first kappa shape index (κ1) is 26.6. The second-order valence-corrected chi connectivity index (χ2v) is 10.5. The van der Waals surface area contributed by atoms with Crippen LogP contribution in [0.15, 0.2) is 46.7 Å². The van der Waals surface area contributed by atoms with Gasteiger partial charge >= 0.3 is 5.97 Å². The van der Waals surface area contributed by atoms with E-state index < -0.39 is 46.3 Å². The number of hydrogen-bond donors (Lipinski definition) is 3. The smallest absolute Gasteiger partial charge is 0.309 e. The maximum atomic E-state index is 13.8. The number of carbonyl (C=O) groups is 3. The van der Waals surface area contributed by atoms with Crippen molar-refractivity contribution in [3.8, 4) is 17.2 Å². The Morgan fingerprint density at radius 2 is 1.72 bits per heavy atom. The van der Waals surface area contributed by atoms with E-state index in [0.717, 1.165) is 18.4 Å². The molecule has 14 heteroatoms. The van der Waals surface area contributed by atoms with Gasteiger partial charge < -0.3 is 25.2 Å². The number of para-hydroxylation sites is 2. The van der Waals surface area contributed by atoms with Gasteiger partial charge in [-0.15, -0.1) is 0 Å².